The molecule has 2 aromatic rings. The van der Waals surface area contributed by atoms with Gasteiger partial charge < -0.3 is 29.6 Å². The Morgan fingerprint density at radius 2 is 1.84 bits per heavy atom. The van der Waals surface area contributed by atoms with Gasteiger partial charge in [-0.3, -0.25) is 9.59 Å². The predicted octanol–water partition coefficient (Wildman–Crippen LogP) is 0.137. The predicted molar refractivity (Wildman–Crippen MR) is 116 cm³/mol. The highest BCUT2D eigenvalue weighted by Gasteiger charge is 2.31. The Balaban J connectivity index is 1.30. The van der Waals surface area contributed by atoms with Crippen molar-refractivity contribution in [1.29, 1.82) is 0 Å². The van der Waals surface area contributed by atoms with Gasteiger partial charge in [-0.05, 0) is 37.1 Å². The Bertz CT molecular complexity index is 829. The number of furan rings is 1. The fourth-order valence-corrected chi connectivity index (χ4v) is 4.34. The third kappa shape index (κ3) is 5.65. The third-order valence-corrected chi connectivity index (χ3v) is 6.09. The highest BCUT2D eigenvalue weighted by Crippen LogP contribution is 2.15. The van der Waals surface area contributed by atoms with E-state index in [0.29, 0.717) is 13.1 Å². The van der Waals surface area contributed by atoms with E-state index in [4.69, 9.17) is 9.15 Å². The van der Waals surface area contributed by atoms with Gasteiger partial charge in [-0.2, -0.15) is 0 Å². The molecule has 2 atom stereocenters. The van der Waals surface area contributed by atoms with Crippen LogP contribution >= 0.6 is 0 Å². The Morgan fingerprint density at radius 1 is 1.06 bits per heavy atom. The number of piperazine rings is 1. The number of nitrogens with zero attached hydrogens (tertiary/aromatic N) is 1. The summed E-state index contributed by atoms with van der Waals surface area (Å²) in [6, 6.07) is 14.2. The van der Waals surface area contributed by atoms with Crippen molar-refractivity contribution in [2.24, 2.45) is 0 Å². The number of anilines is 1. The van der Waals surface area contributed by atoms with Gasteiger partial charge in [0.05, 0.1) is 45.1 Å². The summed E-state index contributed by atoms with van der Waals surface area (Å²) >= 11 is 0. The van der Waals surface area contributed by atoms with Crippen LogP contribution in [0.5, 0.6) is 0 Å². The van der Waals surface area contributed by atoms with Crippen LogP contribution in [0.1, 0.15) is 24.6 Å². The average molecular weight is 428 g/mol. The van der Waals surface area contributed by atoms with E-state index in [1.54, 1.807) is 6.26 Å². The van der Waals surface area contributed by atoms with Gasteiger partial charge in [0, 0.05) is 18.8 Å². The van der Waals surface area contributed by atoms with Gasteiger partial charge in [0.25, 0.3) is 0 Å². The number of carbonyl (C=O) groups excluding carboxylic acids is 2. The van der Waals surface area contributed by atoms with E-state index in [1.807, 2.05) is 18.2 Å². The number of para-hydroxylation sites is 1. The molecule has 1 aromatic heterocycles. The highest BCUT2D eigenvalue weighted by molar-refractivity contribution is 6.35. The lowest BCUT2D eigenvalue weighted by Crippen LogP contribution is -3.15. The second kappa shape index (κ2) is 10.5. The number of amides is 2. The third-order valence-electron chi connectivity index (χ3n) is 6.09. The Morgan fingerprint density at radius 3 is 2.52 bits per heavy atom. The van der Waals surface area contributed by atoms with Gasteiger partial charge in [-0.1, -0.05) is 18.2 Å². The first-order valence-corrected chi connectivity index (χ1v) is 11.1. The van der Waals surface area contributed by atoms with E-state index in [0.717, 1.165) is 51.4 Å². The minimum Gasteiger partial charge on any atom is -0.463 e. The quantitative estimate of drug-likeness (QED) is 0.547. The maximum Gasteiger partial charge on any atom is 0.309 e. The summed E-state index contributed by atoms with van der Waals surface area (Å²) in [5, 5.41) is 5.47. The van der Waals surface area contributed by atoms with Crippen molar-refractivity contribution in [1.82, 2.24) is 10.6 Å². The second-order valence-electron chi connectivity index (χ2n) is 8.10. The zero-order valence-corrected chi connectivity index (χ0v) is 17.7. The zero-order valence-electron chi connectivity index (χ0n) is 17.7. The molecular weight excluding hydrogens is 396 g/mol. The van der Waals surface area contributed by atoms with Crippen molar-refractivity contribution in [3.05, 3.63) is 54.5 Å². The van der Waals surface area contributed by atoms with E-state index in [-0.39, 0.29) is 12.1 Å². The standard InChI is InChI=1S/C23H30N4O4/c28-22(24-16-19-8-4-14-30-19)23(29)25-17-20(21-9-5-15-31-21)27-12-10-26(11-13-27)18-6-2-1-3-7-18/h1-3,5-7,9,15,19-20H,4,8,10-14,16-17H2,(H,24,28)(H,25,29)/p+1/t19-,20-/m0/s1. The smallest absolute Gasteiger partial charge is 0.309 e. The molecule has 0 aliphatic carbocycles. The van der Waals surface area contributed by atoms with Gasteiger partial charge >= 0.3 is 11.8 Å². The van der Waals surface area contributed by atoms with Gasteiger partial charge in [0.15, 0.2) is 11.8 Å². The van der Waals surface area contributed by atoms with Crippen LogP contribution in [0, 0.1) is 0 Å². The maximum absolute atomic E-state index is 12.3. The first-order chi connectivity index (χ1) is 15.2. The SMILES string of the molecule is O=C(NC[C@@H]1CCCO1)C(=O)NC[C@@H](c1ccco1)[NH+]1CCN(c2ccccc2)CC1. The molecule has 8 heteroatoms. The number of hydrogen-bond donors (Lipinski definition) is 3. The van der Waals surface area contributed by atoms with Gasteiger partial charge in [0.1, 0.15) is 0 Å². The van der Waals surface area contributed by atoms with Crippen molar-refractivity contribution >= 4 is 17.5 Å². The van der Waals surface area contributed by atoms with Crippen LogP contribution in [-0.4, -0.2) is 63.8 Å². The van der Waals surface area contributed by atoms with E-state index in [2.05, 4.69) is 39.8 Å². The summed E-state index contributed by atoms with van der Waals surface area (Å²) in [6.07, 6.45) is 3.58. The summed E-state index contributed by atoms with van der Waals surface area (Å²) < 4.78 is 11.1. The van der Waals surface area contributed by atoms with Crippen molar-refractivity contribution in [2.75, 3.05) is 50.8 Å². The molecule has 0 bridgehead atoms. The van der Waals surface area contributed by atoms with Crippen LogP contribution in [-0.2, 0) is 14.3 Å². The normalized spacial score (nSPS) is 20.4. The molecule has 2 amide bonds. The maximum atomic E-state index is 12.3. The fraction of sp³-hybridized carbons (Fsp3) is 0.478. The summed E-state index contributed by atoms with van der Waals surface area (Å²) in [4.78, 5) is 28.2. The molecule has 1 aromatic carbocycles. The van der Waals surface area contributed by atoms with Crippen LogP contribution < -0.4 is 20.4 Å². The molecule has 0 radical (unpaired) electrons. The first kappa shape index (κ1) is 21.4. The summed E-state index contributed by atoms with van der Waals surface area (Å²) in [7, 11) is 0. The number of quaternary nitrogens is 1. The summed E-state index contributed by atoms with van der Waals surface area (Å²) in [6.45, 7) is 5.13. The molecule has 8 nitrogen and oxygen atoms in total. The number of ether oxygens (including phenoxy) is 1. The lowest BCUT2D eigenvalue weighted by Gasteiger charge is -2.37. The molecule has 31 heavy (non-hydrogen) atoms. The molecule has 2 fully saturated rings. The largest absolute Gasteiger partial charge is 0.463 e. The number of carbonyl (C=O) groups is 2. The topological polar surface area (TPSA) is 88.2 Å². The van der Waals surface area contributed by atoms with E-state index in [1.165, 1.54) is 10.6 Å². The lowest BCUT2D eigenvalue weighted by molar-refractivity contribution is -0.932. The second-order valence-corrected chi connectivity index (χ2v) is 8.10. The first-order valence-electron chi connectivity index (χ1n) is 11.1. The van der Waals surface area contributed by atoms with E-state index >= 15 is 0 Å². The van der Waals surface area contributed by atoms with Crippen LogP contribution in [0.3, 0.4) is 0 Å². The van der Waals surface area contributed by atoms with Gasteiger partial charge in [-0.25, -0.2) is 0 Å². The molecule has 3 heterocycles. The van der Waals surface area contributed by atoms with Crippen LogP contribution in [0.25, 0.3) is 0 Å². The molecule has 0 saturated carbocycles. The Hall–Kier alpha value is -2.84. The van der Waals surface area contributed by atoms with Crippen LogP contribution in [0.2, 0.25) is 0 Å². The van der Waals surface area contributed by atoms with Gasteiger partial charge in [-0.15, -0.1) is 0 Å². The van der Waals surface area contributed by atoms with Crippen molar-refractivity contribution in [3.8, 4) is 0 Å². The summed E-state index contributed by atoms with van der Waals surface area (Å²) in [5.41, 5.74) is 1.23. The fourth-order valence-electron chi connectivity index (χ4n) is 4.34. The van der Waals surface area contributed by atoms with Crippen LogP contribution in [0.15, 0.2) is 53.1 Å². The van der Waals surface area contributed by atoms with Crippen LogP contribution in [0.4, 0.5) is 5.69 Å². The minimum atomic E-state index is -0.614. The molecule has 2 saturated heterocycles. The number of benzene rings is 1. The number of hydrogen-bond acceptors (Lipinski definition) is 5. The molecule has 0 spiro atoms. The molecule has 2 aliphatic heterocycles. The molecule has 2 aliphatic rings. The molecule has 0 unspecified atom stereocenters. The monoisotopic (exact) mass is 427 g/mol. The molecule has 3 N–H and O–H groups in total. The molecule has 166 valence electrons. The average Bonchev–Trinajstić information content (AvgIpc) is 3.53. The van der Waals surface area contributed by atoms with Gasteiger partial charge in [0.2, 0.25) is 0 Å². The zero-order chi connectivity index (χ0) is 21.5. The van der Waals surface area contributed by atoms with Crippen molar-refractivity contribution in [2.45, 2.75) is 25.0 Å². The van der Waals surface area contributed by atoms with E-state index < -0.39 is 11.8 Å². The Labute approximate surface area is 182 Å². The molecule has 4 rings (SSSR count). The lowest BCUT2D eigenvalue weighted by atomic mass is 10.1. The minimum absolute atomic E-state index is 0.0120. The van der Waals surface area contributed by atoms with Crippen molar-refractivity contribution < 1.29 is 23.6 Å². The van der Waals surface area contributed by atoms with E-state index in [9.17, 15) is 9.59 Å². The number of rotatable bonds is 7. The highest BCUT2D eigenvalue weighted by atomic mass is 16.5. The Kier molecular flexibility index (Phi) is 7.22. The molecular formula is C23H31N4O4+. The summed E-state index contributed by atoms with van der Waals surface area (Å²) in [5.74, 6) is -0.405. The number of nitrogens with one attached hydrogen (secondary N) is 3. The van der Waals surface area contributed by atoms with Crippen molar-refractivity contribution in [3.63, 3.8) is 0 Å².